The maximum absolute atomic E-state index is 13.9. The van der Waals surface area contributed by atoms with Crippen LogP contribution in [0.5, 0.6) is 17.2 Å². The first-order valence-electron chi connectivity index (χ1n) is 6.11. The van der Waals surface area contributed by atoms with Crippen LogP contribution in [0.2, 0.25) is 0 Å². The Morgan fingerprint density at radius 1 is 1.19 bits per heavy atom. The molecule has 1 N–H and O–H groups in total. The average molecular weight is 288 g/mol. The van der Waals surface area contributed by atoms with E-state index >= 15 is 0 Å². The lowest BCUT2D eigenvalue weighted by Gasteiger charge is -2.10. The molecule has 108 valence electrons. The minimum absolute atomic E-state index is 0.0387. The molecule has 0 aliphatic rings. The highest BCUT2D eigenvalue weighted by Crippen LogP contribution is 2.31. The van der Waals surface area contributed by atoms with E-state index in [4.69, 9.17) is 14.6 Å². The Morgan fingerprint density at radius 2 is 1.90 bits per heavy atom. The van der Waals surface area contributed by atoms with Gasteiger partial charge in [0.25, 0.3) is 0 Å². The van der Waals surface area contributed by atoms with Crippen LogP contribution in [0.15, 0.2) is 48.5 Å². The molecule has 4 nitrogen and oxygen atoms in total. The minimum Gasteiger partial charge on any atom is -0.497 e. The van der Waals surface area contributed by atoms with Crippen molar-refractivity contribution in [1.29, 1.82) is 0 Å². The van der Waals surface area contributed by atoms with E-state index in [9.17, 15) is 9.18 Å². The Balaban J connectivity index is 2.36. The van der Waals surface area contributed by atoms with Gasteiger partial charge < -0.3 is 14.6 Å². The molecule has 2 aromatic rings. The van der Waals surface area contributed by atoms with Gasteiger partial charge >= 0.3 is 5.97 Å². The molecule has 0 heterocycles. The molecule has 0 bridgehead atoms. The summed E-state index contributed by atoms with van der Waals surface area (Å²) in [5.74, 6) is -0.768. The van der Waals surface area contributed by atoms with Crippen LogP contribution in [0, 0.1) is 5.82 Å². The Morgan fingerprint density at radius 3 is 2.62 bits per heavy atom. The lowest BCUT2D eigenvalue weighted by atomic mass is 10.1. The Labute approximate surface area is 121 Å². The van der Waals surface area contributed by atoms with Gasteiger partial charge in [0.15, 0.2) is 11.6 Å². The van der Waals surface area contributed by atoms with Gasteiger partial charge in [-0.2, -0.15) is 0 Å². The van der Waals surface area contributed by atoms with Gasteiger partial charge in [-0.3, -0.25) is 0 Å². The van der Waals surface area contributed by atoms with Crippen LogP contribution in [0.4, 0.5) is 4.39 Å². The molecule has 2 rings (SSSR count). The zero-order chi connectivity index (χ0) is 15.2. The minimum atomic E-state index is -1.12. The fourth-order valence-corrected chi connectivity index (χ4v) is 1.71. The number of carboxylic acid groups (broad SMARTS) is 1. The molecule has 0 aliphatic heterocycles. The number of hydrogen-bond donors (Lipinski definition) is 1. The molecule has 0 saturated heterocycles. The summed E-state index contributed by atoms with van der Waals surface area (Å²) in [6.45, 7) is 0. The van der Waals surface area contributed by atoms with Crippen molar-refractivity contribution in [3.63, 3.8) is 0 Å². The lowest BCUT2D eigenvalue weighted by molar-refractivity contribution is -0.131. The van der Waals surface area contributed by atoms with Gasteiger partial charge in [0.1, 0.15) is 11.5 Å². The molecule has 0 spiro atoms. The van der Waals surface area contributed by atoms with Crippen molar-refractivity contribution in [2.45, 2.75) is 0 Å². The molecule has 0 unspecified atom stereocenters. The number of carboxylic acids is 1. The summed E-state index contributed by atoms with van der Waals surface area (Å²) in [5.41, 5.74) is 0.334. The third-order valence-corrected chi connectivity index (χ3v) is 2.66. The molecule has 0 radical (unpaired) electrons. The van der Waals surface area contributed by atoms with E-state index in [2.05, 4.69) is 0 Å². The van der Waals surface area contributed by atoms with E-state index < -0.39 is 11.8 Å². The van der Waals surface area contributed by atoms with Crippen molar-refractivity contribution in [3.05, 3.63) is 59.9 Å². The van der Waals surface area contributed by atoms with Crippen molar-refractivity contribution >= 4 is 12.0 Å². The Hall–Kier alpha value is -2.82. The van der Waals surface area contributed by atoms with Crippen LogP contribution in [0.3, 0.4) is 0 Å². The highest BCUT2D eigenvalue weighted by Gasteiger charge is 2.10. The van der Waals surface area contributed by atoms with Gasteiger partial charge in [-0.15, -0.1) is 0 Å². The molecule has 0 amide bonds. The normalized spacial score (nSPS) is 10.6. The number of methoxy groups -OCH3 is 1. The van der Waals surface area contributed by atoms with E-state index in [-0.39, 0.29) is 5.75 Å². The smallest absolute Gasteiger partial charge is 0.328 e. The SMILES string of the molecule is COc1cccc(Oc2c(F)cccc2/C=C/C(=O)O)c1. The number of hydrogen-bond acceptors (Lipinski definition) is 3. The zero-order valence-corrected chi connectivity index (χ0v) is 11.2. The molecule has 0 aromatic heterocycles. The second kappa shape index (κ2) is 6.56. The van der Waals surface area contributed by atoms with Crippen molar-refractivity contribution in [2.24, 2.45) is 0 Å². The number of aliphatic carboxylic acids is 1. The second-order valence-electron chi connectivity index (χ2n) is 4.11. The molecule has 0 atom stereocenters. The molecular weight excluding hydrogens is 275 g/mol. The van der Waals surface area contributed by atoms with Crippen LogP contribution < -0.4 is 9.47 Å². The number of carbonyl (C=O) groups is 1. The number of benzene rings is 2. The first-order chi connectivity index (χ1) is 10.1. The van der Waals surface area contributed by atoms with E-state index in [1.165, 1.54) is 25.3 Å². The second-order valence-corrected chi connectivity index (χ2v) is 4.11. The van der Waals surface area contributed by atoms with Gasteiger partial charge in [0.05, 0.1) is 7.11 Å². The zero-order valence-electron chi connectivity index (χ0n) is 11.2. The first kappa shape index (κ1) is 14.6. The molecule has 2 aromatic carbocycles. The topological polar surface area (TPSA) is 55.8 Å². The van der Waals surface area contributed by atoms with Crippen molar-refractivity contribution in [1.82, 2.24) is 0 Å². The Kier molecular flexibility index (Phi) is 4.56. The fraction of sp³-hybridized carbons (Fsp3) is 0.0625. The largest absolute Gasteiger partial charge is 0.497 e. The molecular formula is C16H13FO4. The number of halogens is 1. The predicted octanol–water partition coefficient (Wildman–Crippen LogP) is 3.72. The maximum Gasteiger partial charge on any atom is 0.328 e. The van der Waals surface area contributed by atoms with Crippen LogP contribution in [-0.4, -0.2) is 18.2 Å². The van der Waals surface area contributed by atoms with Gasteiger partial charge in [-0.25, -0.2) is 9.18 Å². The molecule has 0 saturated carbocycles. The summed E-state index contributed by atoms with van der Waals surface area (Å²) in [4.78, 5) is 10.6. The Bertz CT molecular complexity index is 680. The predicted molar refractivity (Wildman–Crippen MR) is 76.1 cm³/mol. The summed E-state index contributed by atoms with van der Waals surface area (Å²) in [5, 5.41) is 8.66. The van der Waals surface area contributed by atoms with E-state index in [1.807, 2.05) is 0 Å². The van der Waals surface area contributed by atoms with Gasteiger partial charge in [0, 0.05) is 17.7 Å². The monoisotopic (exact) mass is 288 g/mol. The standard InChI is InChI=1S/C16H13FO4/c1-20-12-5-3-6-13(10-12)21-16-11(8-9-15(18)19)4-2-7-14(16)17/h2-10H,1H3,(H,18,19)/b9-8+. The van der Waals surface area contributed by atoms with E-state index in [1.54, 1.807) is 30.3 Å². The van der Waals surface area contributed by atoms with Gasteiger partial charge in [-0.1, -0.05) is 18.2 Å². The molecule has 0 aliphatic carbocycles. The molecule has 5 heteroatoms. The average Bonchev–Trinajstić information content (AvgIpc) is 2.48. The third kappa shape index (κ3) is 3.82. The number of para-hydroxylation sites is 1. The van der Waals surface area contributed by atoms with E-state index in [0.29, 0.717) is 17.1 Å². The highest BCUT2D eigenvalue weighted by molar-refractivity contribution is 5.85. The maximum atomic E-state index is 13.9. The van der Waals surface area contributed by atoms with Crippen LogP contribution >= 0.6 is 0 Å². The number of ether oxygens (including phenoxy) is 2. The summed E-state index contributed by atoms with van der Waals surface area (Å²) in [7, 11) is 1.52. The van der Waals surface area contributed by atoms with E-state index in [0.717, 1.165) is 6.08 Å². The summed E-state index contributed by atoms with van der Waals surface area (Å²) < 4.78 is 24.5. The number of rotatable bonds is 5. The summed E-state index contributed by atoms with van der Waals surface area (Å²) in [6, 6.07) is 11.0. The molecule has 21 heavy (non-hydrogen) atoms. The summed E-state index contributed by atoms with van der Waals surface area (Å²) >= 11 is 0. The van der Waals surface area contributed by atoms with Crippen molar-refractivity contribution < 1.29 is 23.8 Å². The first-order valence-corrected chi connectivity index (χ1v) is 6.11. The highest BCUT2D eigenvalue weighted by atomic mass is 19.1. The quantitative estimate of drug-likeness (QED) is 0.852. The van der Waals surface area contributed by atoms with Crippen LogP contribution in [0.25, 0.3) is 6.08 Å². The van der Waals surface area contributed by atoms with Gasteiger partial charge in [-0.05, 0) is 24.3 Å². The lowest BCUT2D eigenvalue weighted by Crippen LogP contribution is -1.93. The van der Waals surface area contributed by atoms with Crippen LogP contribution in [-0.2, 0) is 4.79 Å². The molecule has 0 fully saturated rings. The van der Waals surface area contributed by atoms with Gasteiger partial charge in [0.2, 0.25) is 0 Å². The van der Waals surface area contributed by atoms with Crippen molar-refractivity contribution in [2.75, 3.05) is 7.11 Å². The fourth-order valence-electron chi connectivity index (χ4n) is 1.71. The third-order valence-electron chi connectivity index (χ3n) is 2.66. The van der Waals surface area contributed by atoms with Crippen LogP contribution in [0.1, 0.15) is 5.56 Å². The van der Waals surface area contributed by atoms with Crippen molar-refractivity contribution in [3.8, 4) is 17.2 Å². The summed E-state index contributed by atoms with van der Waals surface area (Å²) in [6.07, 6.45) is 2.20.